The lowest BCUT2D eigenvalue weighted by Crippen LogP contribution is -2.41. The summed E-state index contributed by atoms with van der Waals surface area (Å²) < 4.78 is 7.17. The van der Waals surface area contributed by atoms with Crippen molar-refractivity contribution in [3.8, 4) is 0 Å². The molecule has 0 radical (unpaired) electrons. The Hall–Kier alpha value is -2.87. The zero-order chi connectivity index (χ0) is 21.0. The molecule has 1 aliphatic rings. The third-order valence-electron chi connectivity index (χ3n) is 4.98. The normalized spacial score (nSPS) is 14.2. The zero-order valence-corrected chi connectivity index (χ0v) is 17.5. The van der Waals surface area contributed by atoms with Gasteiger partial charge in [0.2, 0.25) is 5.91 Å². The van der Waals surface area contributed by atoms with E-state index < -0.39 is 0 Å². The highest BCUT2D eigenvalue weighted by Gasteiger charge is 2.18. The molecule has 2 aromatic rings. The summed E-state index contributed by atoms with van der Waals surface area (Å²) in [5.74, 6) is 0.0971. The number of ether oxygens (including phenoxy) is 1. The molecule has 0 unspecified atom stereocenters. The first-order valence-corrected chi connectivity index (χ1v) is 9.93. The first-order valence-electron chi connectivity index (χ1n) is 9.93. The van der Waals surface area contributed by atoms with Crippen LogP contribution in [0.5, 0.6) is 0 Å². The van der Waals surface area contributed by atoms with Gasteiger partial charge >= 0.3 is 6.03 Å². The highest BCUT2D eigenvalue weighted by Crippen LogP contribution is 2.22. The standard InChI is InChI=1S/C21H29N5O3/c1-14(2)26-16(4)20(15(3)24-26)23-21(28)22-18-7-5-17(6-8-18)13-19(27)25-9-11-29-12-10-25/h5-8,14H,9-13H2,1-4H3,(H2,22,23,28). The van der Waals surface area contributed by atoms with Crippen LogP contribution in [0.2, 0.25) is 0 Å². The van der Waals surface area contributed by atoms with Gasteiger partial charge in [-0.1, -0.05) is 12.1 Å². The number of rotatable bonds is 5. The summed E-state index contributed by atoms with van der Waals surface area (Å²) in [5.41, 5.74) is 4.01. The molecule has 2 heterocycles. The Morgan fingerprint density at radius 2 is 1.76 bits per heavy atom. The maximum Gasteiger partial charge on any atom is 0.323 e. The number of morpholine rings is 1. The molecule has 0 bridgehead atoms. The van der Waals surface area contributed by atoms with E-state index >= 15 is 0 Å². The molecular weight excluding hydrogens is 370 g/mol. The topological polar surface area (TPSA) is 88.5 Å². The van der Waals surface area contributed by atoms with Crippen molar-refractivity contribution in [1.29, 1.82) is 0 Å². The van der Waals surface area contributed by atoms with Gasteiger partial charge in [0.25, 0.3) is 0 Å². The summed E-state index contributed by atoms with van der Waals surface area (Å²) in [7, 11) is 0. The van der Waals surface area contributed by atoms with E-state index in [0.29, 0.717) is 38.4 Å². The molecule has 0 saturated carbocycles. The molecule has 0 aliphatic carbocycles. The van der Waals surface area contributed by atoms with Crippen molar-refractivity contribution >= 4 is 23.3 Å². The van der Waals surface area contributed by atoms with Gasteiger partial charge in [0.05, 0.1) is 36.7 Å². The molecule has 1 aromatic carbocycles. The number of hydrogen-bond donors (Lipinski definition) is 2. The second-order valence-corrected chi connectivity index (χ2v) is 7.53. The number of aryl methyl sites for hydroxylation is 1. The predicted molar refractivity (Wildman–Crippen MR) is 112 cm³/mol. The SMILES string of the molecule is Cc1nn(C(C)C)c(C)c1NC(=O)Nc1ccc(CC(=O)N2CCOCC2)cc1. The summed E-state index contributed by atoms with van der Waals surface area (Å²) in [6.07, 6.45) is 0.346. The van der Waals surface area contributed by atoms with E-state index in [1.54, 1.807) is 12.1 Å². The summed E-state index contributed by atoms with van der Waals surface area (Å²) in [5, 5.41) is 10.2. The molecule has 3 rings (SSSR count). The third kappa shape index (κ3) is 5.14. The molecule has 0 spiro atoms. The molecular formula is C21H29N5O3. The van der Waals surface area contributed by atoms with Gasteiger partial charge in [-0.2, -0.15) is 5.10 Å². The van der Waals surface area contributed by atoms with Crippen LogP contribution in [-0.2, 0) is 16.0 Å². The Labute approximate surface area is 171 Å². The molecule has 1 aliphatic heterocycles. The maximum absolute atomic E-state index is 12.4. The summed E-state index contributed by atoms with van der Waals surface area (Å²) in [4.78, 5) is 26.6. The highest BCUT2D eigenvalue weighted by molar-refractivity contribution is 6.00. The van der Waals surface area contributed by atoms with Gasteiger partial charge in [0.15, 0.2) is 0 Å². The van der Waals surface area contributed by atoms with Crippen LogP contribution in [0.15, 0.2) is 24.3 Å². The van der Waals surface area contributed by atoms with Crippen molar-refractivity contribution in [3.63, 3.8) is 0 Å². The highest BCUT2D eigenvalue weighted by atomic mass is 16.5. The van der Waals surface area contributed by atoms with Crippen LogP contribution in [0, 0.1) is 13.8 Å². The van der Waals surface area contributed by atoms with Crippen molar-refractivity contribution in [2.45, 2.75) is 40.2 Å². The number of amides is 3. The molecule has 1 fully saturated rings. The fraction of sp³-hybridized carbons (Fsp3) is 0.476. The van der Waals surface area contributed by atoms with Gasteiger partial charge in [-0.05, 0) is 45.4 Å². The lowest BCUT2D eigenvalue weighted by molar-refractivity contribution is -0.134. The maximum atomic E-state index is 12.4. The second kappa shape index (κ2) is 9.09. The average Bonchev–Trinajstić information content (AvgIpc) is 2.98. The van der Waals surface area contributed by atoms with Crippen molar-refractivity contribution in [2.75, 3.05) is 36.9 Å². The number of carbonyl (C=O) groups is 2. The molecule has 8 nitrogen and oxygen atoms in total. The van der Waals surface area contributed by atoms with Gasteiger partial charge in [-0.15, -0.1) is 0 Å². The largest absolute Gasteiger partial charge is 0.378 e. The van der Waals surface area contributed by atoms with Crippen molar-refractivity contribution in [1.82, 2.24) is 14.7 Å². The van der Waals surface area contributed by atoms with Crippen LogP contribution in [0.25, 0.3) is 0 Å². The molecule has 0 atom stereocenters. The Bertz CT molecular complexity index is 867. The van der Waals surface area contributed by atoms with E-state index in [0.717, 1.165) is 22.6 Å². The number of nitrogens with zero attached hydrogens (tertiary/aromatic N) is 3. The van der Waals surface area contributed by atoms with Gasteiger partial charge in [-0.25, -0.2) is 4.79 Å². The number of nitrogens with one attached hydrogen (secondary N) is 2. The van der Waals surface area contributed by atoms with Crippen LogP contribution < -0.4 is 10.6 Å². The smallest absolute Gasteiger partial charge is 0.323 e. The Balaban J connectivity index is 1.57. The summed E-state index contributed by atoms with van der Waals surface area (Å²) in [6.45, 7) is 10.4. The number of hydrogen-bond acceptors (Lipinski definition) is 4. The number of aromatic nitrogens is 2. The number of anilines is 2. The minimum absolute atomic E-state index is 0.0971. The molecule has 1 saturated heterocycles. The van der Waals surface area contributed by atoms with Crippen LogP contribution in [0.4, 0.5) is 16.2 Å². The van der Waals surface area contributed by atoms with Gasteiger partial charge in [0.1, 0.15) is 0 Å². The molecule has 2 N–H and O–H groups in total. The lowest BCUT2D eigenvalue weighted by Gasteiger charge is -2.26. The Kier molecular flexibility index (Phi) is 6.53. The van der Waals surface area contributed by atoms with E-state index in [1.165, 1.54) is 0 Å². The van der Waals surface area contributed by atoms with E-state index in [9.17, 15) is 9.59 Å². The van der Waals surface area contributed by atoms with E-state index in [1.807, 2.05) is 35.6 Å². The van der Waals surface area contributed by atoms with Crippen LogP contribution in [0.3, 0.4) is 0 Å². The quantitative estimate of drug-likeness (QED) is 0.808. The fourth-order valence-electron chi connectivity index (χ4n) is 3.43. The summed E-state index contributed by atoms with van der Waals surface area (Å²) in [6, 6.07) is 7.23. The molecule has 156 valence electrons. The zero-order valence-electron chi connectivity index (χ0n) is 17.5. The van der Waals surface area contributed by atoms with E-state index in [-0.39, 0.29) is 18.0 Å². The molecule has 29 heavy (non-hydrogen) atoms. The first kappa shape index (κ1) is 20.9. The van der Waals surface area contributed by atoms with Crippen LogP contribution in [-0.4, -0.2) is 52.9 Å². The average molecular weight is 399 g/mol. The van der Waals surface area contributed by atoms with Crippen LogP contribution >= 0.6 is 0 Å². The van der Waals surface area contributed by atoms with Crippen molar-refractivity contribution in [3.05, 3.63) is 41.2 Å². The summed E-state index contributed by atoms with van der Waals surface area (Å²) >= 11 is 0. The van der Waals surface area contributed by atoms with Gasteiger partial charge < -0.3 is 20.3 Å². The number of benzene rings is 1. The minimum atomic E-state index is -0.323. The van der Waals surface area contributed by atoms with Gasteiger partial charge in [-0.3, -0.25) is 9.48 Å². The predicted octanol–water partition coefficient (Wildman–Crippen LogP) is 3.13. The van der Waals surface area contributed by atoms with Gasteiger partial charge in [0, 0.05) is 24.8 Å². The molecule has 8 heteroatoms. The number of urea groups is 1. The Morgan fingerprint density at radius 3 is 2.34 bits per heavy atom. The molecule has 1 aromatic heterocycles. The second-order valence-electron chi connectivity index (χ2n) is 7.53. The number of carbonyl (C=O) groups excluding carboxylic acids is 2. The van der Waals surface area contributed by atoms with Crippen LogP contribution in [0.1, 0.15) is 36.8 Å². The minimum Gasteiger partial charge on any atom is -0.378 e. The third-order valence-corrected chi connectivity index (χ3v) is 4.98. The van der Waals surface area contributed by atoms with E-state index in [2.05, 4.69) is 29.6 Å². The van der Waals surface area contributed by atoms with Crippen molar-refractivity contribution < 1.29 is 14.3 Å². The Morgan fingerprint density at radius 1 is 1.10 bits per heavy atom. The molecule has 3 amide bonds. The monoisotopic (exact) mass is 399 g/mol. The van der Waals surface area contributed by atoms with Crippen molar-refractivity contribution in [2.24, 2.45) is 0 Å². The lowest BCUT2D eigenvalue weighted by atomic mass is 10.1. The van der Waals surface area contributed by atoms with E-state index in [4.69, 9.17) is 4.74 Å². The fourth-order valence-corrected chi connectivity index (χ4v) is 3.43. The first-order chi connectivity index (χ1) is 13.8.